The molecule has 94 valence electrons. The third kappa shape index (κ3) is 2.47. The van der Waals surface area contributed by atoms with E-state index in [-0.39, 0.29) is 0 Å². The van der Waals surface area contributed by atoms with E-state index in [1.807, 2.05) is 0 Å². The maximum Gasteiger partial charge on any atom is 0.0965 e. The molecule has 0 aliphatic carbocycles. The number of likely N-dealkylation sites (N-methyl/N-ethyl adjacent to an activating group) is 1. The molecule has 17 heavy (non-hydrogen) atoms. The van der Waals surface area contributed by atoms with Gasteiger partial charge in [-0.05, 0) is 32.4 Å². The van der Waals surface area contributed by atoms with Gasteiger partial charge < -0.3 is 9.38 Å². The summed E-state index contributed by atoms with van der Waals surface area (Å²) in [7, 11) is 0. The number of benzene rings is 1. The molecule has 2 heteroatoms. The molecule has 0 spiro atoms. The fourth-order valence-electron chi connectivity index (χ4n) is 2.90. The molecule has 1 heterocycles. The first-order valence-corrected chi connectivity index (χ1v) is 6.86. The Labute approximate surface area is 105 Å². The first-order chi connectivity index (χ1) is 8.21. The second-order valence-electron chi connectivity index (χ2n) is 5.19. The summed E-state index contributed by atoms with van der Waals surface area (Å²) in [5.41, 5.74) is 2.83. The van der Waals surface area contributed by atoms with Crippen molar-refractivity contribution >= 4 is 5.69 Å². The van der Waals surface area contributed by atoms with Crippen LogP contribution in [0.4, 0.5) is 5.69 Å². The van der Waals surface area contributed by atoms with Gasteiger partial charge in [-0.3, -0.25) is 0 Å². The molecule has 1 aliphatic heterocycles. The molecule has 0 unspecified atom stereocenters. The van der Waals surface area contributed by atoms with Crippen LogP contribution in [0, 0.1) is 6.92 Å². The Kier molecular flexibility index (Phi) is 3.72. The summed E-state index contributed by atoms with van der Waals surface area (Å²) >= 11 is 0. The maximum absolute atomic E-state index is 2.55. The zero-order chi connectivity index (χ0) is 12.3. The number of hydrogen-bond donors (Lipinski definition) is 0. The normalized spacial score (nSPS) is 19.4. The van der Waals surface area contributed by atoms with E-state index in [1.165, 1.54) is 55.0 Å². The van der Waals surface area contributed by atoms with E-state index in [2.05, 4.69) is 49.9 Å². The van der Waals surface area contributed by atoms with Gasteiger partial charge in [-0.25, -0.2) is 0 Å². The van der Waals surface area contributed by atoms with Gasteiger partial charge in [-0.2, -0.15) is 0 Å². The third-order valence-electron chi connectivity index (χ3n) is 4.49. The maximum atomic E-state index is 2.55. The smallest absolute Gasteiger partial charge is 0.0965 e. The molecule has 0 bridgehead atoms. The highest BCUT2D eigenvalue weighted by atomic mass is 15.4. The van der Waals surface area contributed by atoms with E-state index >= 15 is 0 Å². The quantitative estimate of drug-likeness (QED) is 0.726. The summed E-state index contributed by atoms with van der Waals surface area (Å²) < 4.78 is 1.29. The first kappa shape index (κ1) is 12.4. The van der Waals surface area contributed by atoms with Crippen LogP contribution in [0.5, 0.6) is 0 Å². The number of rotatable bonds is 3. The van der Waals surface area contributed by atoms with Crippen LogP contribution in [-0.2, 0) is 0 Å². The number of quaternary nitrogens is 1. The summed E-state index contributed by atoms with van der Waals surface area (Å²) in [6.07, 6.45) is 0. The molecule has 1 aromatic rings. The second-order valence-corrected chi connectivity index (χ2v) is 5.19. The number of hydrogen-bond acceptors (Lipinski definition) is 1. The van der Waals surface area contributed by atoms with Crippen LogP contribution in [0.3, 0.4) is 0 Å². The van der Waals surface area contributed by atoms with Gasteiger partial charge in [-0.1, -0.05) is 18.2 Å². The molecule has 1 saturated heterocycles. The van der Waals surface area contributed by atoms with Crippen LogP contribution < -0.4 is 4.90 Å². The van der Waals surface area contributed by atoms with Gasteiger partial charge in [0, 0.05) is 5.69 Å². The van der Waals surface area contributed by atoms with Gasteiger partial charge >= 0.3 is 0 Å². The zero-order valence-electron chi connectivity index (χ0n) is 11.4. The molecule has 2 rings (SSSR count). The lowest BCUT2D eigenvalue weighted by molar-refractivity contribution is -0.925. The fourth-order valence-corrected chi connectivity index (χ4v) is 2.90. The van der Waals surface area contributed by atoms with Crippen molar-refractivity contribution in [3.05, 3.63) is 29.8 Å². The number of anilines is 1. The van der Waals surface area contributed by atoms with Crippen molar-refractivity contribution in [1.29, 1.82) is 0 Å². The molecule has 2 nitrogen and oxygen atoms in total. The van der Waals surface area contributed by atoms with E-state index in [0.29, 0.717) is 0 Å². The summed E-state index contributed by atoms with van der Waals surface area (Å²) in [5, 5.41) is 0. The average Bonchev–Trinajstić information content (AvgIpc) is 2.40. The summed E-state index contributed by atoms with van der Waals surface area (Å²) in [5.74, 6) is 0. The lowest BCUT2D eigenvalue weighted by Crippen LogP contribution is -2.59. The monoisotopic (exact) mass is 233 g/mol. The van der Waals surface area contributed by atoms with Crippen LogP contribution in [0.2, 0.25) is 0 Å². The van der Waals surface area contributed by atoms with E-state index in [1.54, 1.807) is 0 Å². The Hall–Kier alpha value is -1.02. The Bertz CT molecular complexity index is 359. The van der Waals surface area contributed by atoms with Crippen molar-refractivity contribution in [3.8, 4) is 0 Å². The van der Waals surface area contributed by atoms with Crippen LogP contribution in [-0.4, -0.2) is 43.8 Å². The third-order valence-corrected chi connectivity index (χ3v) is 4.49. The number of piperazine rings is 1. The van der Waals surface area contributed by atoms with Crippen molar-refractivity contribution in [2.24, 2.45) is 0 Å². The minimum Gasteiger partial charge on any atom is -0.360 e. The van der Waals surface area contributed by atoms with E-state index < -0.39 is 0 Å². The number of nitrogens with zero attached hydrogens (tertiary/aromatic N) is 2. The molecule has 0 saturated carbocycles. The van der Waals surface area contributed by atoms with Gasteiger partial charge in [0.25, 0.3) is 0 Å². The van der Waals surface area contributed by atoms with Crippen LogP contribution in [0.15, 0.2) is 24.3 Å². The molecular formula is C15H25N2+. The lowest BCUT2D eigenvalue weighted by atomic mass is 10.1. The SMILES string of the molecule is CC[N+]1(CC)CCN(c2ccccc2C)CC1. The molecule has 0 atom stereocenters. The highest BCUT2D eigenvalue weighted by Crippen LogP contribution is 2.23. The molecule has 0 aromatic heterocycles. The molecular weight excluding hydrogens is 208 g/mol. The van der Waals surface area contributed by atoms with Gasteiger partial charge in [0.1, 0.15) is 0 Å². The highest BCUT2D eigenvalue weighted by molar-refractivity contribution is 5.53. The molecule has 1 fully saturated rings. The lowest BCUT2D eigenvalue weighted by Gasteiger charge is -2.44. The van der Waals surface area contributed by atoms with Crippen molar-refractivity contribution in [2.45, 2.75) is 20.8 Å². The topological polar surface area (TPSA) is 3.24 Å². The van der Waals surface area contributed by atoms with Crippen molar-refractivity contribution in [3.63, 3.8) is 0 Å². The standard InChI is InChI=1S/C15H25N2/c1-4-17(5-2)12-10-16(11-13-17)15-9-7-6-8-14(15)3/h6-9H,4-5,10-13H2,1-3H3/q+1. The first-order valence-electron chi connectivity index (χ1n) is 6.86. The van der Waals surface area contributed by atoms with E-state index in [0.717, 1.165) is 0 Å². The fraction of sp³-hybridized carbons (Fsp3) is 0.600. The van der Waals surface area contributed by atoms with Crippen LogP contribution >= 0.6 is 0 Å². The summed E-state index contributed by atoms with van der Waals surface area (Å²) in [6, 6.07) is 8.75. The van der Waals surface area contributed by atoms with Crippen molar-refractivity contribution in [1.82, 2.24) is 0 Å². The van der Waals surface area contributed by atoms with Crippen LogP contribution in [0.25, 0.3) is 0 Å². The minimum absolute atomic E-state index is 1.20. The molecule has 1 aromatic carbocycles. The molecule has 0 N–H and O–H groups in total. The zero-order valence-corrected chi connectivity index (χ0v) is 11.4. The van der Waals surface area contributed by atoms with E-state index in [4.69, 9.17) is 0 Å². The molecule has 0 radical (unpaired) electrons. The number of aryl methyl sites for hydroxylation is 1. The van der Waals surface area contributed by atoms with Crippen LogP contribution in [0.1, 0.15) is 19.4 Å². The summed E-state index contributed by atoms with van der Waals surface area (Å²) in [4.78, 5) is 2.55. The Balaban J connectivity index is 2.07. The molecule has 1 aliphatic rings. The van der Waals surface area contributed by atoms with Gasteiger partial charge in [-0.15, -0.1) is 0 Å². The minimum atomic E-state index is 1.20. The summed E-state index contributed by atoms with van der Waals surface area (Å²) in [6.45, 7) is 14.4. The largest absolute Gasteiger partial charge is 0.360 e. The highest BCUT2D eigenvalue weighted by Gasteiger charge is 2.29. The Morgan fingerprint density at radius 3 is 2.18 bits per heavy atom. The molecule has 0 amide bonds. The second kappa shape index (κ2) is 5.09. The Morgan fingerprint density at radius 1 is 1.06 bits per heavy atom. The number of para-hydroxylation sites is 1. The van der Waals surface area contributed by atoms with E-state index in [9.17, 15) is 0 Å². The predicted molar refractivity (Wildman–Crippen MR) is 74.5 cm³/mol. The van der Waals surface area contributed by atoms with Gasteiger partial charge in [0.15, 0.2) is 0 Å². The Morgan fingerprint density at radius 2 is 1.65 bits per heavy atom. The predicted octanol–water partition coefficient (Wildman–Crippen LogP) is 2.67. The van der Waals surface area contributed by atoms with Gasteiger partial charge in [0.05, 0.1) is 39.3 Å². The van der Waals surface area contributed by atoms with Crippen molar-refractivity contribution in [2.75, 3.05) is 44.2 Å². The van der Waals surface area contributed by atoms with Crippen molar-refractivity contribution < 1.29 is 4.48 Å². The van der Waals surface area contributed by atoms with Gasteiger partial charge in [0.2, 0.25) is 0 Å². The average molecular weight is 233 g/mol.